The van der Waals surface area contributed by atoms with E-state index < -0.39 is 0 Å². The van der Waals surface area contributed by atoms with Crippen LogP contribution in [0.1, 0.15) is 19.0 Å². The third kappa shape index (κ3) is 3.31. The van der Waals surface area contributed by atoms with E-state index in [1.807, 2.05) is 35.3 Å². The van der Waals surface area contributed by atoms with Crippen molar-refractivity contribution < 1.29 is 0 Å². The molecule has 0 unspecified atom stereocenters. The molecule has 5 nitrogen and oxygen atoms in total. The highest BCUT2D eigenvalue weighted by Gasteiger charge is 2.04. The summed E-state index contributed by atoms with van der Waals surface area (Å²) in [5.74, 6) is 0. The van der Waals surface area contributed by atoms with Crippen molar-refractivity contribution in [2.75, 3.05) is 5.32 Å². The summed E-state index contributed by atoms with van der Waals surface area (Å²) >= 11 is 0. The lowest BCUT2D eigenvalue weighted by Crippen LogP contribution is -1.99. The Labute approximate surface area is 124 Å². The summed E-state index contributed by atoms with van der Waals surface area (Å²) in [6.07, 6.45) is 4.96. The number of anilines is 1. The molecule has 3 rings (SSSR count). The van der Waals surface area contributed by atoms with Gasteiger partial charge in [0.1, 0.15) is 0 Å². The highest BCUT2D eigenvalue weighted by atomic mass is 15.3. The number of aromatic nitrogens is 4. The van der Waals surface area contributed by atoms with Crippen molar-refractivity contribution in [3.63, 3.8) is 0 Å². The van der Waals surface area contributed by atoms with Crippen LogP contribution < -0.4 is 5.32 Å². The van der Waals surface area contributed by atoms with Gasteiger partial charge in [-0.15, -0.1) is 0 Å². The quantitative estimate of drug-likeness (QED) is 0.729. The Balaban J connectivity index is 1.62. The van der Waals surface area contributed by atoms with E-state index >= 15 is 0 Å². The van der Waals surface area contributed by atoms with Crippen LogP contribution in [0.25, 0.3) is 11.3 Å². The predicted molar refractivity (Wildman–Crippen MR) is 83.9 cm³/mol. The van der Waals surface area contributed by atoms with E-state index in [1.165, 1.54) is 0 Å². The number of hydrogen-bond donors (Lipinski definition) is 2. The van der Waals surface area contributed by atoms with Gasteiger partial charge in [0.05, 0.1) is 29.8 Å². The fourth-order valence-electron chi connectivity index (χ4n) is 2.21. The molecule has 0 bridgehead atoms. The monoisotopic (exact) mass is 281 g/mol. The van der Waals surface area contributed by atoms with Gasteiger partial charge in [-0.25, -0.2) is 0 Å². The number of nitrogens with zero attached hydrogens (tertiary/aromatic N) is 3. The number of aryl methyl sites for hydroxylation is 1. The van der Waals surface area contributed by atoms with Crippen molar-refractivity contribution >= 4 is 5.69 Å². The number of aromatic amines is 1. The second-order valence-electron chi connectivity index (χ2n) is 4.99. The van der Waals surface area contributed by atoms with Crippen LogP contribution in [0.15, 0.2) is 48.8 Å². The lowest BCUT2D eigenvalue weighted by molar-refractivity contribution is 0.603. The van der Waals surface area contributed by atoms with Crippen LogP contribution in [0, 0.1) is 0 Å². The minimum atomic E-state index is 0.706. The summed E-state index contributed by atoms with van der Waals surface area (Å²) in [5, 5.41) is 15.1. The average molecular weight is 281 g/mol. The molecule has 0 aliphatic carbocycles. The van der Waals surface area contributed by atoms with E-state index in [0.717, 1.165) is 35.6 Å². The number of rotatable bonds is 6. The van der Waals surface area contributed by atoms with Crippen LogP contribution in [0.2, 0.25) is 0 Å². The largest absolute Gasteiger partial charge is 0.377 e. The molecule has 0 fully saturated rings. The molecule has 0 spiro atoms. The van der Waals surface area contributed by atoms with Crippen LogP contribution in [-0.4, -0.2) is 20.0 Å². The van der Waals surface area contributed by atoms with Crippen LogP contribution in [-0.2, 0) is 13.1 Å². The van der Waals surface area contributed by atoms with Crippen LogP contribution in [0.5, 0.6) is 0 Å². The summed E-state index contributed by atoms with van der Waals surface area (Å²) in [6, 6.07) is 12.2. The molecule has 0 saturated heterocycles. The predicted octanol–water partition coefficient (Wildman–Crippen LogP) is 3.30. The van der Waals surface area contributed by atoms with Crippen molar-refractivity contribution in [1.82, 2.24) is 20.0 Å². The Morgan fingerprint density at radius 1 is 1.24 bits per heavy atom. The van der Waals surface area contributed by atoms with Crippen molar-refractivity contribution in [2.24, 2.45) is 0 Å². The van der Waals surface area contributed by atoms with Gasteiger partial charge in [0.2, 0.25) is 0 Å². The van der Waals surface area contributed by atoms with Gasteiger partial charge in [-0.2, -0.15) is 10.2 Å². The molecule has 0 aliphatic heterocycles. The van der Waals surface area contributed by atoms with Crippen LogP contribution >= 0.6 is 0 Å². The molecule has 108 valence electrons. The SMILES string of the molecule is CCCn1cc(NCc2cc(-c3ccccc3)n[nH]2)cn1. The van der Waals surface area contributed by atoms with Gasteiger partial charge < -0.3 is 5.32 Å². The molecule has 2 aromatic heterocycles. The van der Waals surface area contributed by atoms with Crippen LogP contribution in [0.4, 0.5) is 5.69 Å². The third-order valence-electron chi connectivity index (χ3n) is 3.27. The minimum Gasteiger partial charge on any atom is -0.377 e. The van der Waals surface area contributed by atoms with E-state index in [4.69, 9.17) is 0 Å². The number of benzene rings is 1. The maximum absolute atomic E-state index is 4.35. The van der Waals surface area contributed by atoms with Gasteiger partial charge in [0.15, 0.2) is 0 Å². The summed E-state index contributed by atoms with van der Waals surface area (Å²) in [4.78, 5) is 0. The molecule has 2 N–H and O–H groups in total. The average Bonchev–Trinajstić information content (AvgIpc) is 3.16. The van der Waals surface area contributed by atoms with Gasteiger partial charge in [-0.05, 0) is 12.5 Å². The highest BCUT2D eigenvalue weighted by molar-refractivity contribution is 5.59. The van der Waals surface area contributed by atoms with Crippen molar-refractivity contribution in [3.8, 4) is 11.3 Å². The first kappa shape index (κ1) is 13.4. The van der Waals surface area contributed by atoms with E-state index in [1.54, 1.807) is 0 Å². The maximum atomic E-state index is 4.35. The standard InChI is InChI=1S/C16H19N5/c1-2-8-21-12-15(11-18-21)17-10-14-9-16(20-19-14)13-6-4-3-5-7-13/h3-7,9,11-12,17H,2,8,10H2,1H3,(H,19,20). The lowest BCUT2D eigenvalue weighted by atomic mass is 10.1. The normalized spacial score (nSPS) is 10.7. The molecular weight excluding hydrogens is 262 g/mol. The second-order valence-corrected chi connectivity index (χ2v) is 4.99. The third-order valence-corrected chi connectivity index (χ3v) is 3.27. The number of nitrogens with one attached hydrogen (secondary N) is 2. The fraction of sp³-hybridized carbons (Fsp3) is 0.250. The molecule has 21 heavy (non-hydrogen) atoms. The highest BCUT2D eigenvalue weighted by Crippen LogP contribution is 2.17. The molecule has 0 radical (unpaired) electrons. The first-order chi connectivity index (χ1) is 10.3. The van der Waals surface area contributed by atoms with Crippen molar-refractivity contribution in [2.45, 2.75) is 26.4 Å². The van der Waals surface area contributed by atoms with Gasteiger partial charge in [0, 0.05) is 18.3 Å². The van der Waals surface area contributed by atoms with Gasteiger partial charge >= 0.3 is 0 Å². The molecule has 1 aromatic carbocycles. The van der Waals surface area contributed by atoms with E-state index in [2.05, 4.69) is 45.7 Å². The molecule has 0 amide bonds. The number of H-pyrrole nitrogens is 1. The molecule has 0 aliphatic rings. The first-order valence-corrected chi connectivity index (χ1v) is 7.21. The van der Waals surface area contributed by atoms with Gasteiger partial charge in [-0.1, -0.05) is 37.3 Å². The van der Waals surface area contributed by atoms with E-state index in [0.29, 0.717) is 6.54 Å². The van der Waals surface area contributed by atoms with Crippen molar-refractivity contribution in [3.05, 3.63) is 54.5 Å². The molecule has 0 atom stereocenters. The Kier molecular flexibility index (Phi) is 4.00. The van der Waals surface area contributed by atoms with Crippen molar-refractivity contribution in [1.29, 1.82) is 0 Å². The minimum absolute atomic E-state index is 0.706. The topological polar surface area (TPSA) is 58.5 Å². The van der Waals surface area contributed by atoms with E-state index in [9.17, 15) is 0 Å². The Bertz CT molecular complexity index is 684. The zero-order chi connectivity index (χ0) is 14.5. The molecule has 3 aromatic rings. The smallest absolute Gasteiger partial charge is 0.0924 e. The zero-order valence-corrected chi connectivity index (χ0v) is 12.1. The fourth-order valence-corrected chi connectivity index (χ4v) is 2.21. The summed E-state index contributed by atoms with van der Waals surface area (Å²) < 4.78 is 1.95. The second kappa shape index (κ2) is 6.26. The molecule has 0 saturated carbocycles. The first-order valence-electron chi connectivity index (χ1n) is 7.21. The maximum Gasteiger partial charge on any atom is 0.0924 e. The van der Waals surface area contributed by atoms with Gasteiger partial charge in [0.25, 0.3) is 0 Å². The van der Waals surface area contributed by atoms with E-state index in [-0.39, 0.29) is 0 Å². The molecular formula is C16H19N5. The Morgan fingerprint density at radius 2 is 2.10 bits per heavy atom. The summed E-state index contributed by atoms with van der Waals surface area (Å²) in [5.41, 5.74) is 4.17. The lowest BCUT2D eigenvalue weighted by Gasteiger charge is -2.00. The van der Waals surface area contributed by atoms with Gasteiger partial charge in [-0.3, -0.25) is 9.78 Å². The zero-order valence-electron chi connectivity index (χ0n) is 12.1. The summed E-state index contributed by atoms with van der Waals surface area (Å²) in [7, 11) is 0. The summed E-state index contributed by atoms with van der Waals surface area (Å²) in [6.45, 7) is 3.80. The Hall–Kier alpha value is -2.56. The number of hydrogen-bond acceptors (Lipinski definition) is 3. The van der Waals surface area contributed by atoms with Crippen LogP contribution in [0.3, 0.4) is 0 Å². The Morgan fingerprint density at radius 3 is 2.90 bits per heavy atom. The molecule has 5 heteroatoms. The molecule has 2 heterocycles.